The van der Waals surface area contributed by atoms with E-state index in [1.54, 1.807) is 12.3 Å². The fourth-order valence-electron chi connectivity index (χ4n) is 3.84. The molecule has 1 N–H and O–H groups in total. The van der Waals surface area contributed by atoms with Gasteiger partial charge in [-0.05, 0) is 68.6 Å². The second kappa shape index (κ2) is 8.66. The Hall–Kier alpha value is -2.86. The number of hydrogen-bond acceptors (Lipinski definition) is 4. The molecule has 1 aromatic carbocycles. The number of rotatable bonds is 6. The van der Waals surface area contributed by atoms with Gasteiger partial charge in [-0.3, -0.25) is 9.69 Å². The lowest BCUT2D eigenvalue weighted by molar-refractivity contribution is 0.0906. The van der Waals surface area contributed by atoms with Crippen LogP contribution >= 0.6 is 0 Å². The summed E-state index contributed by atoms with van der Waals surface area (Å²) >= 11 is 0. The Bertz CT molecular complexity index is 939. The highest BCUT2D eigenvalue weighted by Crippen LogP contribution is 2.22. The van der Waals surface area contributed by atoms with E-state index in [4.69, 9.17) is 4.42 Å². The van der Waals surface area contributed by atoms with Crippen LogP contribution in [0.3, 0.4) is 0 Å². The number of aromatic nitrogens is 2. The molecule has 29 heavy (non-hydrogen) atoms. The van der Waals surface area contributed by atoms with E-state index in [0.717, 1.165) is 42.6 Å². The number of carbonyl (C=O) groups is 1. The normalized spacial score (nSPS) is 16.6. The monoisotopic (exact) mass is 392 g/mol. The number of nitrogens with zero attached hydrogens (tertiary/aromatic N) is 3. The zero-order chi connectivity index (χ0) is 20.2. The second-order valence-corrected chi connectivity index (χ2v) is 7.93. The summed E-state index contributed by atoms with van der Waals surface area (Å²) in [6.07, 6.45) is 6.09. The number of likely N-dealkylation sites (tertiary alicyclic amines) is 1. The molecule has 1 fully saturated rings. The highest BCUT2D eigenvalue weighted by Gasteiger charge is 2.20. The number of amides is 1. The van der Waals surface area contributed by atoms with E-state index in [1.807, 2.05) is 54.2 Å². The molecule has 6 heteroatoms. The van der Waals surface area contributed by atoms with Crippen LogP contribution in [0.1, 0.15) is 54.6 Å². The summed E-state index contributed by atoms with van der Waals surface area (Å²) in [5, 5.41) is 7.36. The summed E-state index contributed by atoms with van der Waals surface area (Å²) in [7, 11) is 0. The molecule has 0 bridgehead atoms. The van der Waals surface area contributed by atoms with Crippen molar-refractivity contribution in [3.63, 3.8) is 0 Å². The fraction of sp³-hybridized carbons (Fsp3) is 0.391. The lowest BCUT2D eigenvalue weighted by Gasteiger charge is -2.29. The first-order valence-electron chi connectivity index (χ1n) is 10.3. The summed E-state index contributed by atoms with van der Waals surface area (Å²) in [6, 6.07) is 13.3. The lowest BCUT2D eigenvalue weighted by atomic mass is 9.99. The predicted octanol–water partition coefficient (Wildman–Crippen LogP) is 4.19. The van der Waals surface area contributed by atoms with Crippen LogP contribution in [0.25, 0.3) is 5.69 Å². The Balaban J connectivity index is 1.41. The van der Waals surface area contributed by atoms with Crippen LogP contribution < -0.4 is 5.32 Å². The van der Waals surface area contributed by atoms with Gasteiger partial charge in [-0.25, -0.2) is 4.68 Å². The molecule has 0 radical (unpaired) electrons. The van der Waals surface area contributed by atoms with E-state index < -0.39 is 0 Å². The van der Waals surface area contributed by atoms with Gasteiger partial charge in [-0.2, -0.15) is 5.10 Å². The molecule has 1 aliphatic heterocycles. The lowest BCUT2D eigenvalue weighted by Crippen LogP contribution is -2.32. The number of piperidine rings is 1. The van der Waals surface area contributed by atoms with Crippen LogP contribution in [0.15, 0.2) is 59.3 Å². The number of furan rings is 1. The zero-order valence-corrected chi connectivity index (χ0v) is 17.0. The Kier molecular flexibility index (Phi) is 5.81. The molecule has 1 aliphatic rings. The van der Waals surface area contributed by atoms with Crippen LogP contribution in [-0.4, -0.2) is 33.7 Å². The Morgan fingerprint density at radius 3 is 2.76 bits per heavy atom. The van der Waals surface area contributed by atoms with Crippen molar-refractivity contribution in [3.05, 3.63) is 71.9 Å². The zero-order valence-electron chi connectivity index (χ0n) is 17.0. The van der Waals surface area contributed by atoms with E-state index in [9.17, 15) is 4.79 Å². The third-order valence-corrected chi connectivity index (χ3v) is 5.64. The fourth-order valence-corrected chi connectivity index (χ4v) is 3.84. The van der Waals surface area contributed by atoms with Crippen molar-refractivity contribution in [3.8, 4) is 5.69 Å². The Morgan fingerprint density at radius 1 is 1.21 bits per heavy atom. The maximum atomic E-state index is 12.7. The van der Waals surface area contributed by atoms with E-state index in [2.05, 4.69) is 22.2 Å². The highest BCUT2D eigenvalue weighted by molar-refractivity contribution is 5.91. The van der Waals surface area contributed by atoms with Crippen LogP contribution in [0.4, 0.5) is 0 Å². The molecule has 1 atom stereocenters. The second-order valence-electron chi connectivity index (χ2n) is 7.93. The number of nitrogens with one attached hydrogen (secondary N) is 1. The third kappa shape index (κ3) is 4.59. The number of benzene rings is 1. The molecule has 1 amide bonds. The van der Waals surface area contributed by atoms with Crippen molar-refractivity contribution in [1.82, 2.24) is 20.0 Å². The third-order valence-electron chi connectivity index (χ3n) is 5.64. The maximum Gasteiger partial charge on any atom is 0.287 e. The van der Waals surface area contributed by atoms with E-state index in [0.29, 0.717) is 5.76 Å². The van der Waals surface area contributed by atoms with Crippen LogP contribution in [0.5, 0.6) is 0 Å². The molecule has 2 aromatic heterocycles. The predicted molar refractivity (Wildman–Crippen MR) is 112 cm³/mol. The maximum absolute atomic E-state index is 12.7. The highest BCUT2D eigenvalue weighted by atomic mass is 16.4. The number of hydrogen-bond donors (Lipinski definition) is 1. The summed E-state index contributed by atoms with van der Waals surface area (Å²) in [5.41, 5.74) is 1.95. The first-order chi connectivity index (χ1) is 14.1. The standard InChI is InChI=1S/C23H28N4O2/c1-17-10-14-26(15-11-17)16-19-8-9-22(29-19)23(28)25-18(2)20-6-3-4-7-21(20)27-13-5-12-24-27/h3-9,12-13,17-18H,10-11,14-16H2,1-2H3,(H,25,28). The average molecular weight is 393 g/mol. The summed E-state index contributed by atoms with van der Waals surface area (Å²) in [4.78, 5) is 15.1. The quantitative estimate of drug-likeness (QED) is 0.683. The molecule has 3 heterocycles. The van der Waals surface area contributed by atoms with Crippen molar-refractivity contribution in [1.29, 1.82) is 0 Å². The molecule has 0 aliphatic carbocycles. The van der Waals surface area contributed by atoms with Gasteiger partial charge in [-0.1, -0.05) is 25.1 Å². The molecular weight excluding hydrogens is 364 g/mol. The topological polar surface area (TPSA) is 63.3 Å². The van der Waals surface area contributed by atoms with Gasteiger partial charge in [0.2, 0.25) is 0 Å². The van der Waals surface area contributed by atoms with Crippen molar-refractivity contribution in [2.24, 2.45) is 5.92 Å². The molecular formula is C23H28N4O2. The molecule has 6 nitrogen and oxygen atoms in total. The largest absolute Gasteiger partial charge is 0.455 e. The average Bonchev–Trinajstić information content (AvgIpc) is 3.42. The van der Waals surface area contributed by atoms with Crippen molar-refractivity contribution in [2.45, 2.75) is 39.3 Å². The van der Waals surface area contributed by atoms with Gasteiger partial charge < -0.3 is 9.73 Å². The van der Waals surface area contributed by atoms with Crippen molar-refractivity contribution in [2.75, 3.05) is 13.1 Å². The molecule has 1 unspecified atom stereocenters. The van der Waals surface area contributed by atoms with Gasteiger partial charge in [0.1, 0.15) is 5.76 Å². The molecule has 1 saturated heterocycles. The van der Waals surface area contributed by atoms with Crippen LogP contribution in [-0.2, 0) is 6.54 Å². The SMILES string of the molecule is CC1CCN(Cc2ccc(C(=O)NC(C)c3ccccc3-n3cccn3)o2)CC1. The van der Waals surface area contributed by atoms with Gasteiger partial charge in [0.05, 0.1) is 18.3 Å². The molecule has 152 valence electrons. The van der Waals surface area contributed by atoms with Gasteiger partial charge in [0.25, 0.3) is 5.91 Å². The number of carbonyl (C=O) groups excluding carboxylic acids is 1. The van der Waals surface area contributed by atoms with E-state index in [-0.39, 0.29) is 11.9 Å². The minimum absolute atomic E-state index is 0.181. The summed E-state index contributed by atoms with van der Waals surface area (Å²) in [5.74, 6) is 1.80. The Labute approximate surface area is 171 Å². The van der Waals surface area contributed by atoms with Crippen LogP contribution in [0, 0.1) is 5.92 Å². The molecule has 3 aromatic rings. The molecule has 4 rings (SSSR count). The summed E-state index contributed by atoms with van der Waals surface area (Å²) in [6.45, 7) is 7.21. The smallest absolute Gasteiger partial charge is 0.287 e. The van der Waals surface area contributed by atoms with Gasteiger partial charge >= 0.3 is 0 Å². The summed E-state index contributed by atoms with van der Waals surface area (Å²) < 4.78 is 7.65. The minimum atomic E-state index is -0.203. The number of para-hydroxylation sites is 1. The van der Waals surface area contributed by atoms with Crippen molar-refractivity contribution >= 4 is 5.91 Å². The molecule has 0 saturated carbocycles. The van der Waals surface area contributed by atoms with Gasteiger partial charge in [0.15, 0.2) is 5.76 Å². The minimum Gasteiger partial charge on any atom is -0.455 e. The van der Waals surface area contributed by atoms with Gasteiger partial charge in [-0.15, -0.1) is 0 Å². The van der Waals surface area contributed by atoms with Crippen LogP contribution in [0.2, 0.25) is 0 Å². The van der Waals surface area contributed by atoms with Gasteiger partial charge in [0, 0.05) is 12.4 Å². The van der Waals surface area contributed by atoms with Crippen molar-refractivity contribution < 1.29 is 9.21 Å². The molecule has 0 spiro atoms. The van der Waals surface area contributed by atoms with E-state index >= 15 is 0 Å². The Morgan fingerprint density at radius 2 is 2.00 bits per heavy atom. The first-order valence-corrected chi connectivity index (χ1v) is 10.3. The van der Waals surface area contributed by atoms with E-state index in [1.165, 1.54) is 12.8 Å². The first kappa shape index (κ1) is 19.5.